The number of carbonyl (C=O) groups is 4. The van der Waals surface area contributed by atoms with Crippen LogP contribution in [0.2, 0.25) is 0 Å². The number of carboxylic acid groups (broad SMARTS) is 1. The quantitative estimate of drug-likeness (QED) is 0.0786. The average Bonchev–Trinajstić information content (AvgIpc) is 3.71. The Morgan fingerprint density at radius 2 is 2.10 bits per heavy atom. The Labute approximate surface area is 245 Å². The fourth-order valence-corrected chi connectivity index (χ4v) is 7.79. The molecule has 8 N–H and O–H groups in total. The summed E-state index contributed by atoms with van der Waals surface area (Å²) >= 11 is 1.39. The van der Waals surface area contributed by atoms with E-state index >= 15 is 0 Å². The van der Waals surface area contributed by atoms with Gasteiger partial charge >= 0.3 is 5.97 Å². The number of β-amino-alcohol motifs (C(OH)–C–C–N with tert-alkyl or cyclic N) is 1. The molecule has 5 heterocycles. The number of nitrogens with one attached hydrogen (secondary N) is 4. The number of hydrogen-bond donors (Lipinski definition) is 7. The van der Waals surface area contributed by atoms with Crippen molar-refractivity contribution in [1.29, 1.82) is 5.41 Å². The van der Waals surface area contributed by atoms with E-state index in [1.165, 1.54) is 32.6 Å². The van der Waals surface area contributed by atoms with E-state index in [1.54, 1.807) is 0 Å². The topological polar surface area (TPSA) is 245 Å². The second-order valence-corrected chi connectivity index (χ2v) is 12.6. The Bertz CT molecular complexity index is 1290. The van der Waals surface area contributed by atoms with Gasteiger partial charge in [0.15, 0.2) is 5.96 Å². The first kappa shape index (κ1) is 29.7. The number of aliphatic carboxylic acids is 1. The molecule has 0 spiro atoms. The lowest BCUT2D eigenvalue weighted by Gasteiger charge is -2.47. The molecule has 18 heteroatoms. The summed E-state index contributed by atoms with van der Waals surface area (Å²) in [5.41, 5.74) is 5.36. The molecule has 0 radical (unpaired) electrons. The van der Waals surface area contributed by atoms with E-state index in [-0.39, 0.29) is 78.7 Å². The zero-order valence-corrected chi connectivity index (χ0v) is 24.0. The van der Waals surface area contributed by atoms with Gasteiger partial charge < -0.3 is 41.7 Å². The summed E-state index contributed by atoms with van der Waals surface area (Å²) in [6.45, 7) is 4.78. The number of amides is 3. The lowest BCUT2D eigenvalue weighted by molar-refractivity contribution is -0.159. The summed E-state index contributed by atoms with van der Waals surface area (Å²) in [6, 6.07) is -1.35. The zero-order valence-electron chi connectivity index (χ0n) is 23.1. The van der Waals surface area contributed by atoms with E-state index in [9.17, 15) is 29.4 Å². The molecule has 4 aliphatic rings. The molecule has 5 rings (SSSR count). The predicted molar refractivity (Wildman–Crippen MR) is 147 cm³/mol. The molecule has 3 saturated heterocycles. The maximum absolute atomic E-state index is 13.2. The van der Waals surface area contributed by atoms with E-state index < -0.39 is 30.1 Å². The Kier molecular flexibility index (Phi) is 8.38. The van der Waals surface area contributed by atoms with Crippen molar-refractivity contribution in [2.24, 2.45) is 23.5 Å². The van der Waals surface area contributed by atoms with Crippen LogP contribution in [-0.4, -0.2) is 126 Å². The summed E-state index contributed by atoms with van der Waals surface area (Å²) in [5, 5.41) is 46.9. The summed E-state index contributed by atoms with van der Waals surface area (Å²) in [7, 11) is 0. The number of nitrogens with two attached hydrogens (primary N) is 1. The largest absolute Gasteiger partial charge is 0.477 e. The van der Waals surface area contributed by atoms with Gasteiger partial charge in [-0.25, -0.2) is 9.48 Å². The van der Waals surface area contributed by atoms with Crippen LogP contribution in [0.3, 0.4) is 0 Å². The molecule has 1 aromatic heterocycles. The van der Waals surface area contributed by atoms with Crippen molar-refractivity contribution >= 4 is 41.4 Å². The number of guanidine groups is 1. The van der Waals surface area contributed by atoms with Crippen molar-refractivity contribution in [3.05, 3.63) is 16.9 Å². The maximum Gasteiger partial charge on any atom is 0.353 e. The summed E-state index contributed by atoms with van der Waals surface area (Å²) < 4.78 is 1.29. The van der Waals surface area contributed by atoms with Crippen LogP contribution < -0.4 is 21.7 Å². The number of aliphatic hydroxyl groups is 1. The molecule has 0 aromatic carbocycles. The van der Waals surface area contributed by atoms with Crippen LogP contribution in [0.4, 0.5) is 0 Å². The third-order valence-corrected chi connectivity index (χ3v) is 9.86. The van der Waals surface area contributed by atoms with Gasteiger partial charge in [-0.15, -0.1) is 16.9 Å². The number of tetrazole rings is 1. The van der Waals surface area contributed by atoms with Crippen LogP contribution in [0.5, 0.6) is 0 Å². The Hall–Kier alpha value is -3.77. The highest BCUT2D eigenvalue weighted by atomic mass is 32.2. The molecule has 0 bridgehead atoms. The Balaban J connectivity index is 1.18. The van der Waals surface area contributed by atoms with Gasteiger partial charge in [-0.1, -0.05) is 13.8 Å². The van der Waals surface area contributed by atoms with E-state index in [0.717, 1.165) is 0 Å². The van der Waals surface area contributed by atoms with Crippen LogP contribution in [0.15, 0.2) is 16.9 Å². The number of hydrogen-bond acceptors (Lipinski definition) is 11. The van der Waals surface area contributed by atoms with Gasteiger partial charge in [0, 0.05) is 42.3 Å². The standard InChI is InChI=1S/C24H35N11O6S/c1-10(4-28-16(37)8-34-9-29-31-32-34)17-18-11(2)20(19(23(40)41)35(18)22(17)39)42-12-3-13(27-5-12)21(38)33-6-14(15(36)7-33)30-24(25)26/h9-15,17-18,27,36H,3-8H2,1-2H3,(H,28,37)(H,40,41)(H4,25,26,30)/t10-,11+,12-,13-,14+,15-,17+,18+/m0/s1. The van der Waals surface area contributed by atoms with Crippen LogP contribution >= 0.6 is 11.8 Å². The summed E-state index contributed by atoms with van der Waals surface area (Å²) in [4.78, 5) is 54.5. The van der Waals surface area contributed by atoms with Gasteiger partial charge in [-0.2, -0.15) is 0 Å². The molecule has 228 valence electrons. The highest BCUT2D eigenvalue weighted by molar-refractivity contribution is 8.03. The number of likely N-dealkylation sites (tertiary alicyclic amines) is 1. The molecule has 3 amide bonds. The maximum atomic E-state index is 13.2. The lowest BCUT2D eigenvalue weighted by atomic mass is 9.75. The van der Waals surface area contributed by atoms with Crippen molar-refractivity contribution < 1.29 is 29.4 Å². The van der Waals surface area contributed by atoms with Crippen molar-refractivity contribution in [2.75, 3.05) is 26.2 Å². The molecule has 3 fully saturated rings. The van der Waals surface area contributed by atoms with Gasteiger partial charge in [-0.05, 0) is 22.8 Å². The molecule has 0 saturated carbocycles. The van der Waals surface area contributed by atoms with Crippen LogP contribution in [0.1, 0.15) is 20.3 Å². The molecule has 4 aliphatic heterocycles. The van der Waals surface area contributed by atoms with Crippen molar-refractivity contribution in [1.82, 2.24) is 46.0 Å². The minimum Gasteiger partial charge on any atom is -0.477 e. The van der Waals surface area contributed by atoms with Gasteiger partial charge in [-0.3, -0.25) is 19.8 Å². The van der Waals surface area contributed by atoms with Crippen LogP contribution in [0, 0.1) is 23.2 Å². The smallest absolute Gasteiger partial charge is 0.353 e. The number of carbonyl (C=O) groups excluding carboxylic acids is 3. The number of nitrogens with zero attached hydrogens (tertiary/aromatic N) is 6. The number of aromatic nitrogens is 4. The fourth-order valence-electron chi connectivity index (χ4n) is 6.31. The normalized spacial score (nSPS) is 31.1. The minimum absolute atomic E-state index is 0.00995. The second-order valence-electron chi connectivity index (χ2n) is 11.2. The van der Waals surface area contributed by atoms with Gasteiger partial charge in [0.1, 0.15) is 18.6 Å². The van der Waals surface area contributed by atoms with Crippen molar-refractivity contribution in [3.8, 4) is 0 Å². The first-order valence-corrected chi connectivity index (χ1v) is 14.6. The minimum atomic E-state index is -1.17. The number of fused-ring (bicyclic) bond motifs is 1. The second kappa shape index (κ2) is 11.8. The van der Waals surface area contributed by atoms with E-state index in [1.807, 2.05) is 13.8 Å². The van der Waals surface area contributed by atoms with Gasteiger partial charge in [0.2, 0.25) is 17.7 Å². The first-order valence-electron chi connectivity index (χ1n) is 13.7. The van der Waals surface area contributed by atoms with Crippen molar-refractivity contribution in [3.63, 3.8) is 0 Å². The number of aliphatic hydroxyl groups excluding tert-OH is 1. The predicted octanol–water partition coefficient (Wildman–Crippen LogP) is -3.28. The molecule has 8 atom stereocenters. The molecule has 17 nitrogen and oxygen atoms in total. The molecular weight excluding hydrogens is 570 g/mol. The van der Waals surface area contributed by atoms with Crippen LogP contribution in [0.25, 0.3) is 0 Å². The third kappa shape index (κ3) is 5.65. The Morgan fingerprint density at radius 3 is 2.76 bits per heavy atom. The average molecular weight is 606 g/mol. The number of carboxylic acids is 1. The van der Waals surface area contributed by atoms with E-state index in [0.29, 0.717) is 17.9 Å². The molecule has 42 heavy (non-hydrogen) atoms. The number of rotatable bonds is 10. The number of β-lactam (4-membered cyclic amide) rings is 1. The van der Waals surface area contributed by atoms with Crippen molar-refractivity contribution in [2.45, 2.75) is 56.3 Å². The van der Waals surface area contributed by atoms with Gasteiger partial charge in [0.05, 0.1) is 30.1 Å². The molecule has 0 aliphatic carbocycles. The first-order chi connectivity index (χ1) is 20.0. The third-order valence-electron chi connectivity index (χ3n) is 8.35. The van der Waals surface area contributed by atoms with Crippen LogP contribution in [-0.2, 0) is 25.7 Å². The zero-order chi connectivity index (χ0) is 30.3. The van der Waals surface area contributed by atoms with Gasteiger partial charge in [0.25, 0.3) is 0 Å². The Morgan fingerprint density at radius 1 is 1.33 bits per heavy atom. The fraction of sp³-hybridized carbons (Fsp3) is 0.667. The highest BCUT2D eigenvalue weighted by Gasteiger charge is 2.60. The molecule has 0 unspecified atom stereocenters. The number of thioether (sulfide) groups is 1. The SMILES string of the molecule is C[C@@H](CNC(=O)Cn1cnnn1)[C@H]1C(=O)N2C(C(=O)O)=C(S[C@@H]3CN[C@H](C(=O)N4C[C@H](O)[C@H](NC(=N)N)C4)C3)[C@H](C)[C@H]12. The highest BCUT2D eigenvalue weighted by Crippen LogP contribution is 2.52. The lowest BCUT2D eigenvalue weighted by Crippen LogP contribution is -2.63. The van der Waals surface area contributed by atoms with E-state index in [2.05, 4.69) is 31.5 Å². The van der Waals surface area contributed by atoms with E-state index in [4.69, 9.17) is 11.1 Å². The molecular formula is C24H35N11O6S. The summed E-state index contributed by atoms with van der Waals surface area (Å²) in [6.07, 6.45) is 0.937. The summed E-state index contributed by atoms with van der Waals surface area (Å²) in [5.74, 6) is -3.11. The monoisotopic (exact) mass is 605 g/mol. The molecule has 1 aromatic rings.